The molecule has 18 heavy (non-hydrogen) atoms. The van der Waals surface area contributed by atoms with Gasteiger partial charge < -0.3 is 9.15 Å². The van der Waals surface area contributed by atoms with Crippen LogP contribution in [0.5, 0.6) is 5.75 Å². The van der Waals surface area contributed by atoms with Crippen LogP contribution in [-0.4, -0.2) is 22.6 Å². The minimum atomic E-state index is -1.22. The van der Waals surface area contributed by atoms with Crippen LogP contribution in [0.25, 0.3) is 0 Å². The third-order valence-corrected chi connectivity index (χ3v) is 3.70. The molecule has 96 valence electrons. The number of hydrogen-bond acceptors (Lipinski definition) is 3. The summed E-state index contributed by atoms with van der Waals surface area (Å²) in [5.74, 6) is 1.35. The second-order valence-electron chi connectivity index (χ2n) is 3.88. The van der Waals surface area contributed by atoms with Crippen LogP contribution >= 0.6 is 0 Å². The van der Waals surface area contributed by atoms with Gasteiger partial charge in [-0.3, -0.25) is 0 Å². The Balaban J connectivity index is 2.15. The van der Waals surface area contributed by atoms with Gasteiger partial charge in [0.05, 0.1) is 11.2 Å². The summed E-state index contributed by atoms with van der Waals surface area (Å²) in [6.07, 6.45) is 1.60. The van der Waals surface area contributed by atoms with Crippen molar-refractivity contribution in [2.24, 2.45) is 0 Å². The van der Waals surface area contributed by atoms with Crippen LogP contribution in [-0.2, 0) is 17.6 Å². The van der Waals surface area contributed by atoms with Crippen molar-refractivity contribution in [3.8, 4) is 5.75 Å². The van der Waals surface area contributed by atoms with Crippen LogP contribution in [0.3, 0.4) is 0 Å². The average Bonchev–Trinajstić information content (AvgIpc) is 2.89. The molecule has 5 heteroatoms. The maximum atomic E-state index is 12.1. The number of rotatable bonds is 5. The van der Waals surface area contributed by atoms with Crippen LogP contribution in [0.4, 0.5) is 0 Å². The quantitative estimate of drug-likeness (QED) is 0.834. The van der Waals surface area contributed by atoms with Gasteiger partial charge in [-0.05, 0) is 38.4 Å². The number of hydrogen-bond donors (Lipinski definition) is 0. The van der Waals surface area contributed by atoms with Crippen LogP contribution < -0.4 is 4.74 Å². The summed E-state index contributed by atoms with van der Waals surface area (Å²) in [5, 5.41) is 0. The van der Waals surface area contributed by atoms with Crippen molar-refractivity contribution in [2.75, 3.05) is 14.1 Å². The molecule has 1 aromatic carbocycles. The second kappa shape index (κ2) is 5.84. The maximum Gasteiger partial charge on any atom is 0.146 e. The summed E-state index contributed by atoms with van der Waals surface area (Å²) in [6.45, 7) is 0.328. The minimum Gasteiger partial charge on any atom is -0.484 e. The number of furan rings is 1. The van der Waals surface area contributed by atoms with E-state index in [9.17, 15) is 4.21 Å². The van der Waals surface area contributed by atoms with Crippen molar-refractivity contribution >= 4 is 11.0 Å². The first-order valence-electron chi connectivity index (χ1n) is 5.52. The molecule has 1 aromatic heterocycles. The monoisotopic (exact) mass is 265 g/mol. The molecule has 1 heterocycles. The smallest absolute Gasteiger partial charge is 0.146 e. The Kier molecular flexibility index (Phi) is 4.17. The van der Waals surface area contributed by atoms with E-state index < -0.39 is 11.0 Å². The molecule has 0 spiro atoms. The van der Waals surface area contributed by atoms with Crippen molar-refractivity contribution in [3.63, 3.8) is 0 Å². The first kappa shape index (κ1) is 12.9. The zero-order valence-electron chi connectivity index (χ0n) is 10.3. The van der Waals surface area contributed by atoms with E-state index >= 15 is 0 Å². The zero-order valence-corrected chi connectivity index (χ0v) is 11.1. The highest BCUT2D eigenvalue weighted by Gasteiger charge is 2.12. The molecule has 1 atom stereocenters. The Bertz CT molecular complexity index is 523. The molecule has 0 aliphatic carbocycles. The fourth-order valence-corrected chi connectivity index (χ4v) is 2.34. The Hall–Kier alpha value is -1.59. The average molecular weight is 265 g/mol. The summed E-state index contributed by atoms with van der Waals surface area (Å²) < 4.78 is 24.5. The first-order chi connectivity index (χ1) is 8.68. The third-order valence-electron chi connectivity index (χ3n) is 2.32. The number of para-hydroxylation sites is 1. The molecule has 0 aliphatic rings. The van der Waals surface area contributed by atoms with Crippen LogP contribution in [0.1, 0.15) is 5.76 Å². The molecule has 0 amide bonds. The third kappa shape index (κ3) is 3.00. The van der Waals surface area contributed by atoms with Crippen molar-refractivity contribution in [2.45, 2.75) is 11.5 Å². The molecule has 0 radical (unpaired) electrons. The summed E-state index contributed by atoms with van der Waals surface area (Å²) in [5.41, 5.74) is 0. The molecule has 0 bridgehead atoms. The van der Waals surface area contributed by atoms with Gasteiger partial charge in [0.1, 0.15) is 29.1 Å². The molecule has 2 aromatic rings. The number of ether oxygens (including phenoxy) is 1. The molecule has 0 fully saturated rings. The SMILES string of the molecule is CN(C)S(=O)c1ccccc1OCc1ccco1. The molecule has 2 rings (SSSR count). The summed E-state index contributed by atoms with van der Waals surface area (Å²) >= 11 is 0. The van der Waals surface area contributed by atoms with E-state index in [1.807, 2.05) is 24.3 Å². The highest BCUT2D eigenvalue weighted by molar-refractivity contribution is 7.82. The molecule has 0 N–H and O–H groups in total. The zero-order chi connectivity index (χ0) is 13.0. The fraction of sp³-hybridized carbons (Fsp3) is 0.231. The van der Waals surface area contributed by atoms with Gasteiger partial charge in [0.15, 0.2) is 0 Å². The Morgan fingerprint density at radius 2 is 2.00 bits per heavy atom. The lowest BCUT2D eigenvalue weighted by atomic mass is 10.3. The first-order valence-corrected chi connectivity index (χ1v) is 6.62. The van der Waals surface area contributed by atoms with Crippen molar-refractivity contribution in [1.82, 2.24) is 4.31 Å². The maximum absolute atomic E-state index is 12.1. The van der Waals surface area contributed by atoms with Gasteiger partial charge in [-0.1, -0.05) is 12.1 Å². The number of benzene rings is 1. The predicted molar refractivity (Wildman–Crippen MR) is 69.6 cm³/mol. The van der Waals surface area contributed by atoms with E-state index in [-0.39, 0.29) is 0 Å². The lowest BCUT2D eigenvalue weighted by Gasteiger charge is -2.13. The minimum absolute atomic E-state index is 0.328. The van der Waals surface area contributed by atoms with Crippen LogP contribution in [0.2, 0.25) is 0 Å². The van der Waals surface area contributed by atoms with Crippen molar-refractivity contribution in [1.29, 1.82) is 0 Å². The lowest BCUT2D eigenvalue weighted by molar-refractivity contribution is 0.264. The molecule has 1 unspecified atom stereocenters. The van der Waals surface area contributed by atoms with E-state index in [0.29, 0.717) is 17.3 Å². The van der Waals surface area contributed by atoms with Crippen LogP contribution in [0, 0.1) is 0 Å². The van der Waals surface area contributed by atoms with Gasteiger partial charge in [0.2, 0.25) is 0 Å². The number of nitrogens with zero attached hydrogens (tertiary/aromatic N) is 1. The van der Waals surface area contributed by atoms with Gasteiger partial charge in [0.25, 0.3) is 0 Å². The Morgan fingerprint density at radius 3 is 2.67 bits per heavy atom. The van der Waals surface area contributed by atoms with E-state index in [2.05, 4.69) is 0 Å². The van der Waals surface area contributed by atoms with E-state index in [4.69, 9.17) is 9.15 Å². The topological polar surface area (TPSA) is 42.7 Å². The van der Waals surface area contributed by atoms with Gasteiger partial charge in [-0.2, -0.15) is 0 Å². The standard InChI is InChI=1S/C13H15NO3S/c1-14(2)18(15)13-8-4-3-7-12(13)17-10-11-6-5-9-16-11/h3-9H,10H2,1-2H3. The normalized spacial score (nSPS) is 12.6. The summed E-state index contributed by atoms with van der Waals surface area (Å²) in [4.78, 5) is 0.661. The largest absolute Gasteiger partial charge is 0.484 e. The fourth-order valence-electron chi connectivity index (χ4n) is 1.45. The summed E-state index contributed by atoms with van der Waals surface area (Å²) in [7, 11) is 2.31. The second-order valence-corrected chi connectivity index (χ2v) is 5.54. The van der Waals surface area contributed by atoms with E-state index in [1.165, 1.54) is 0 Å². The Morgan fingerprint density at radius 1 is 1.22 bits per heavy atom. The van der Waals surface area contributed by atoms with E-state index in [0.717, 1.165) is 5.76 Å². The van der Waals surface area contributed by atoms with Crippen LogP contribution in [0.15, 0.2) is 52.0 Å². The molecule has 0 aliphatic heterocycles. The predicted octanol–water partition coefficient (Wildman–Crippen LogP) is 2.44. The summed E-state index contributed by atoms with van der Waals surface area (Å²) in [6, 6.07) is 11.0. The molecular weight excluding hydrogens is 250 g/mol. The Labute approximate surface area is 109 Å². The molecular formula is C13H15NO3S. The molecule has 0 saturated heterocycles. The van der Waals surface area contributed by atoms with E-state index in [1.54, 1.807) is 36.8 Å². The highest BCUT2D eigenvalue weighted by atomic mass is 32.2. The lowest BCUT2D eigenvalue weighted by Crippen LogP contribution is -2.16. The van der Waals surface area contributed by atoms with Crippen molar-refractivity contribution in [3.05, 3.63) is 48.4 Å². The highest BCUT2D eigenvalue weighted by Crippen LogP contribution is 2.23. The molecule has 0 saturated carbocycles. The van der Waals surface area contributed by atoms with Gasteiger partial charge in [0, 0.05) is 0 Å². The van der Waals surface area contributed by atoms with Gasteiger partial charge in [-0.15, -0.1) is 0 Å². The van der Waals surface area contributed by atoms with Gasteiger partial charge >= 0.3 is 0 Å². The molecule has 4 nitrogen and oxygen atoms in total. The van der Waals surface area contributed by atoms with Gasteiger partial charge in [-0.25, -0.2) is 8.51 Å². The van der Waals surface area contributed by atoms with Crippen molar-refractivity contribution < 1.29 is 13.4 Å².